The van der Waals surface area contributed by atoms with Crippen molar-refractivity contribution in [3.8, 4) is 11.4 Å². The third-order valence-electron chi connectivity index (χ3n) is 6.35. The number of hydrogen-bond acceptors (Lipinski definition) is 8. The zero-order valence-corrected chi connectivity index (χ0v) is 23.3. The summed E-state index contributed by atoms with van der Waals surface area (Å²) in [4.78, 5) is 55.0. The number of hydrogen-bond donors (Lipinski definition) is 3. The number of aliphatic hydroxyl groups excluding tert-OH is 1. The fourth-order valence-electron chi connectivity index (χ4n) is 4.09. The molecule has 0 fully saturated rings. The summed E-state index contributed by atoms with van der Waals surface area (Å²) in [5.41, 5.74) is -0.230. The van der Waals surface area contributed by atoms with Crippen LogP contribution in [-0.4, -0.2) is 58.3 Å². The molecule has 0 aliphatic heterocycles. The van der Waals surface area contributed by atoms with Crippen molar-refractivity contribution in [2.24, 2.45) is 11.8 Å². The van der Waals surface area contributed by atoms with Gasteiger partial charge in [-0.25, -0.2) is 22.9 Å². The predicted molar refractivity (Wildman–Crippen MR) is 148 cm³/mol. The van der Waals surface area contributed by atoms with Crippen LogP contribution in [0.2, 0.25) is 0 Å². The Labute approximate surface area is 244 Å². The van der Waals surface area contributed by atoms with Crippen molar-refractivity contribution < 1.29 is 42.1 Å². The average Bonchev–Trinajstić information content (AvgIpc) is 2.98. The molecule has 43 heavy (non-hydrogen) atoms. The van der Waals surface area contributed by atoms with Crippen molar-refractivity contribution in [2.75, 3.05) is 18.5 Å². The summed E-state index contributed by atoms with van der Waals surface area (Å²) < 4.78 is 51.1. The van der Waals surface area contributed by atoms with E-state index < -0.39 is 66.8 Å². The maximum absolute atomic E-state index is 13.5. The second kappa shape index (κ2) is 15.5. The lowest BCUT2D eigenvalue weighted by atomic mass is 9.89. The Bertz CT molecular complexity index is 1450. The van der Waals surface area contributed by atoms with E-state index in [9.17, 15) is 37.5 Å². The number of aromatic nitrogens is 2. The Balaban J connectivity index is 1.80. The van der Waals surface area contributed by atoms with E-state index in [1.165, 1.54) is 19.1 Å². The molecule has 3 atom stereocenters. The lowest BCUT2D eigenvalue weighted by molar-refractivity contribution is -0.158. The smallest absolute Gasteiger partial charge is 0.412 e. The molecule has 0 aliphatic rings. The Morgan fingerprint density at radius 1 is 1.05 bits per heavy atom. The first kappa shape index (κ1) is 32.8. The third kappa shape index (κ3) is 9.13. The number of aliphatic hydroxyl groups is 1. The number of nitrogens with one attached hydrogen (secondary N) is 2. The fourth-order valence-corrected chi connectivity index (χ4v) is 4.09. The van der Waals surface area contributed by atoms with Crippen LogP contribution in [0, 0.1) is 17.7 Å². The van der Waals surface area contributed by atoms with Crippen LogP contribution in [0.25, 0.3) is 11.4 Å². The van der Waals surface area contributed by atoms with Crippen LogP contribution < -0.4 is 16.2 Å². The summed E-state index contributed by atoms with van der Waals surface area (Å²) in [6.45, 7) is 1.05. The van der Waals surface area contributed by atoms with Gasteiger partial charge in [-0.15, -0.1) is 0 Å². The molecule has 3 rings (SSSR count). The van der Waals surface area contributed by atoms with Crippen LogP contribution >= 0.6 is 0 Å². The molecule has 2 aromatic carbocycles. The molecule has 0 saturated carbocycles. The highest BCUT2D eigenvalue weighted by Crippen LogP contribution is 2.24. The van der Waals surface area contributed by atoms with Crippen LogP contribution in [0.15, 0.2) is 65.6 Å². The molecular formula is C29H31F3N4O7. The number of halogens is 3. The number of anilines is 1. The Morgan fingerprint density at radius 3 is 2.35 bits per heavy atom. The van der Waals surface area contributed by atoms with Gasteiger partial charge in [0.25, 0.3) is 5.56 Å². The maximum atomic E-state index is 13.5. The van der Waals surface area contributed by atoms with Gasteiger partial charge >= 0.3 is 12.1 Å². The summed E-state index contributed by atoms with van der Waals surface area (Å²) in [7, 11) is 0. The van der Waals surface area contributed by atoms with Gasteiger partial charge in [0, 0.05) is 18.0 Å². The van der Waals surface area contributed by atoms with Crippen LogP contribution in [0.5, 0.6) is 0 Å². The van der Waals surface area contributed by atoms with Crippen molar-refractivity contribution in [2.45, 2.75) is 39.5 Å². The van der Waals surface area contributed by atoms with E-state index in [0.29, 0.717) is 5.56 Å². The van der Waals surface area contributed by atoms with E-state index in [4.69, 9.17) is 9.47 Å². The number of carbonyl (C=O) groups excluding carboxylic acids is 3. The van der Waals surface area contributed by atoms with E-state index in [2.05, 4.69) is 15.6 Å². The second-order valence-corrected chi connectivity index (χ2v) is 9.42. The zero-order chi connectivity index (χ0) is 31.5. The highest BCUT2D eigenvalue weighted by molar-refractivity contribution is 5.84. The lowest BCUT2D eigenvalue weighted by Crippen LogP contribution is -2.45. The molecule has 0 saturated heterocycles. The van der Waals surface area contributed by atoms with Crippen molar-refractivity contribution >= 4 is 23.7 Å². The minimum Gasteiger partial charge on any atom is -0.466 e. The number of nitrogens with zero attached hydrogens (tertiary/aromatic N) is 2. The molecule has 0 radical (unpaired) electrons. The maximum Gasteiger partial charge on any atom is 0.412 e. The molecule has 11 nitrogen and oxygen atoms in total. The highest BCUT2D eigenvalue weighted by atomic mass is 19.3. The van der Waals surface area contributed by atoms with Gasteiger partial charge in [0.1, 0.15) is 30.5 Å². The lowest BCUT2D eigenvalue weighted by Gasteiger charge is -2.26. The number of rotatable bonds is 13. The molecule has 14 heteroatoms. The summed E-state index contributed by atoms with van der Waals surface area (Å²) in [6, 6.07) is 13.7. The van der Waals surface area contributed by atoms with Crippen LogP contribution in [0.3, 0.4) is 0 Å². The first-order valence-electron chi connectivity index (χ1n) is 13.2. The average molecular weight is 605 g/mol. The van der Waals surface area contributed by atoms with Crippen molar-refractivity contribution in [3.63, 3.8) is 0 Å². The van der Waals surface area contributed by atoms with E-state index in [0.717, 1.165) is 29.8 Å². The van der Waals surface area contributed by atoms with E-state index in [1.54, 1.807) is 30.3 Å². The van der Waals surface area contributed by atoms with Gasteiger partial charge < -0.3 is 19.9 Å². The van der Waals surface area contributed by atoms with Gasteiger partial charge in [-0.1, -0.05) is 37.3 Å². The number of alkyl halides is 2. The first-order valence-corrected chi connectivity index (χ1v) is 13.2. The largest absolute Gasteiger partial charge is 0.466 e. The summed E-state index contributed by atoms with van der Waals surface area (Å²) in [5.74, 6) is -5.73. The van der Waals surface area contributed by atoms with Crippen LogP contribution in [0.4, 0.5) is 23.7 Å². The number of ether oxygens (including phenoxy) is 2. The molecular weight excluding hydrogens is 573 g/mol. The summed E-state index contributed by atoms with van der Waals surface area (Å²) in [5, 5.41) is 15.1. The quantitative estimate of drug-likeness (QED) is 0.252. The number of carbonyl (C=O) groups is 3. The molecule has 0 spiro atoms. The molecule has 230 valence electrons. The standard InChI is InChI=1S/C29H31F3N4O7/c1-3-42-28(40)24(17(2)25(31)32)22(37)14-33-23(38)15-36-26(19-9-11-20(30)12-10-19)34-13-21(27(36)39)35-29(41)43-16-18-7-5-4-6-8-18/h4-13,17,22,24-25,37H,3,14-16H2,1-2H3,(H,33,38)(H,35,41). The molecule has 3 N–H and O–H groups in total. The fraction of sp³-hybridized carbons (Fsp3) is 0.345. The molecule has 0 bridgehead atoms. The van der Waals surface area contributed by atoms with Crippen molar-refractivity contribution in [1.29, 1.82) is 0 Å². The van der Waals surface area contributed by atoms with E-state index in [1.807, 2.05) is 0 Å². The van der Waals surface area contributed by atoms with Gasteiger partial charge in [0.05, 0.1) is 24.8 Å². The van der Waals surface area contributed by atoms with E-state index >= 15 is 0 Å². The number of amides is 2. The topological polar surface area (TPSA) is 149 Å². The molecule has 3 unspecified atom stereocenters. The zero-order valence-electron chi connectivity index (χ0n) is 23.3. The second-order valence-electron chi connectivity index (χ2n) is 9.42. The van der Waals surface area contributed by atoms with Gasteiger partial charge in [-0.2, -0.15) is 0 Å². The third-order valence-corrected chi connectivity index (χ3v) is 6.35. The van der Waals surface area contributed by atoms with E-state index in [-0.39, 0.29) is 30.3 Å². The van der Waals surface area contributed by atoms with Crippen molar-refractivity contribution in [3.05, 3.63) is 82.5 Å². The number of benzene rings is 2. The monoisotopic (exact) mass is 604 g/mol. The highest BCUT2D eigenvalue weighted by Gasteiger charge is 2.38. The summed E-state index contributed by atoms with van der Waals surface area (Å²) in [6.07, 6.45) is -4.59. The van der Waals surface area contributed by atoms with Gasteiger partial charge in [0.15, 0.2) is 0 Å². The van der Waals surface area contributed by atoms with Gasteiger partial charge in [0.2, 0.25) is 12.3 Å². The minimum atomic E-state index is -2.95. The predicted octanol–water partition coefficient (Wildman–Crippen LogP) is 3.36. The molecule has 1 aromatic heterocycles. The van der Waals surface area contributed by atoms with Gasteiger partial charge in [-0.05, 0) is 36.8 Å². The van der Waals surface area contributed by atoms with Crippen LogP contribution in [-0.2, 0) is 32.2 Å². The molecule has 3 aromatic rings. The van der Waals surface area contributed by atoms with Crippen molar-refractivity contribution in [1.82, 2.24) is 14.9 Å². The Morgan fingerprint density at radius 2 is 1.72 bits per heavy atom. The molecule has 0 aliphatic carbocycles. The normalized spacial score (nSPS) is 13.1. The Kier molecular flexibility index (Phi) is 11.8. The van der Waals surface area contributed by atoms with Crippen LogP contribution in [0.1, 0.15) is 19.4 Å². The minimum absolute atomic E-state index is 0.0559. The Hall–Kier alpha value is -4.72. The molecule has 2 amide bonds. The first-order chi connectivity index (χ1) is 20.5. The molecule has 1 heterocycles. The number of esters is 1. The van der Waals surface area contributed by atoms with Gasteiger partial charge in [-0.3, -0.25) is 24.3 Å². The summed E-state index contributed by atoms with van der Waals surface area (Å²) >= 11 is 0. The SMILES string of the molecule is CCOC(=O)C(C(O)CNC(=O)Cn1c(-c2ccc(F)cc2)ncc(NC(=O)OCc2ccccc2)c1=O)C(C)C(F)F.